The highest BCUT2D eigenvalue weighted by Gasteiger charge is 2.05. The third-order valence-corrected chi connectivity index (χ3v) is 1.26. The van der Waals surface area contributed by atoms with Crippen LogP contribution in [-0.4, -0.2) is 25.0 Å². The van der Waals surface area contributed by atoms with Crippen molar-refractivity contribution in [2.45, 2.75) is 33.1 Å². The quantitative estimate of drug-likeness (QED) is 0.383. The van der Waals surface area contributed by atoms with Gasteiger partial charge in [0.1, 0.15) is 6.73 Å². The first-order valence-electron chi connectivity index (χ1n) is 4.24. The van der Waals surface area contributed by atoms with Crippen molar-refractivity contribution in [3.63, 3.8) is 0 Å². The summed E-state index contributed by atoms with van der Waals surface area (Å²) in [5, 5.41) is 3.03. The van der Waals surface area contributed by atoms with Gasteiger partial charge in [0.25, 0.3) is 0 Å². The Hall–Kier alpha value is -0.870. The Kier molecular flexibility index (Phi) is 6.18. The first kappa shape index (κ1) is 12.1. The molecule has 0 heterocycles. The Morgan fingerprint density at radius 2 is 2.15 bits per heavy atom. The molecular formula is C9H17NO3. The highest BCUT2D eigenvalue weighted by Crippen LogP contribution is 1.93. The zero-order valence-corrected chi connectivity index (χ0v) is 8.37. The second kappa shape index (κ2) is 6.62. The maximum absolute atomic E-state index is 10.7. The number of carbonyl (C=O) groups excluding carboxylic acids is 1. The third kappa shape index (κ3) is 7.49. The van der Waals surface area contributed by atoms with E-state index in [4.69, 9.17) is 9.47 Å². The van der Waals surface area contributed by atoms with Crippen LogP contribution >= 0.6 is 0 Å². The molecule has 4 nitrogen and oxygen atoms in total. The highest BCUT2D eigenvalue weighted by atomic mass is 16.7. The molecule has 0 spiro atoms. The van der Waals surface area contributed by atoms with Gasteiger partial charge in [0, 0.05) is 12.1 Å². The molecule has 0 aromatic rings. The first-order chi connectivity index (χ1) is 6.06. The van der Waals surface area contributed by atoms with Crippen LogP contribution in [0, 0.1) is 0 Å². The van der Waals surface area contributed by atoms with Gasteiger partial charge < -0.3 is 9.47 Å². The molecule has 0 aliphatic rings. The molecule has 13 heavy (non-hydrogen) atoms. The molecular weight excluding hydrogens is 170 g/mol. The molecule has 1 N–H and O–H groups in total. The van der Waals surface area contributed by atoms with Gasteiger partial charge in [-0.2, -0.15) is 0 Å². The van der Waals surface area contributed by atoms with Crippen LogP contribution in [0.3, 0.4) is 0 Å². The minimum absolute atomic E-state index is 0.349. The molecule has 1 unspecified atom stereocenters. The van der Waals surface area contributed by atoms with Crippen molar-refractivity contribution in [2.24, 2.45) is 0 Å². The van der Waals surface area contributed by atoms with Crippen molar-refractivity contribution in [2.75, 3.05) is 6.73 Å². The Morgan fingerprint density at radius 3 is 2.62 bits per heavy atom. The average molecular weight is 187 g/mol. The lowest BCUT2D eigenvalue weighted by molar-refractivity contribution is -0.170. The van der Waals surface area contributed by atoms with E-state index in [0.717, 1.165) is 6.08 Å². The predicted molar refractivity (Wildman–Crippen MR) is 50.0 cm³/mol. The second-order valence-electron chi connectivity index (χ2n) is 2.88. The molecule has 0 saturated heterocycles. The predicted octanol–water partition coefficient (Wildman–Crippen LogP) is 1.03. The van der Waals surface area contributed by atoms with Crippen molar-refractivity contribution in [3.8, 4) is 0 Å². The number of esters is 1. The van der Waals surface area contributed by atoms with E-state index >= 15 is 0 Å². The summed E-state index contributed by atoms with van der Waals surface area (Å²) in [6.45, 7) is 9.30. The summed E-state index contributed by atoms with van der Waals surface area (Å²) in [6.07, 6.45) is 0.562. The molecule has 0 aliphatic carbocycles. The summed E-state index contributed by atoms with van der Waals surface area (Å²) in [4.78, 5) is 10.7. The zero-order valence-electron chi connectivity index (χ0n) is 8.37. The number of carbonyl (C=O) groups is 1. The fraction of sp³-hybridized carbons (Fsp3) is 0.667. The van der Waals surface area contributed by atoms with Gasteiger partial charge in [-0.25, -0.2) is 4.79 Å². The average Bonchev–Trinajstić information content (AvgIpc) is 2.03. The van der Waals surface area contributed by atoms with Crippen LogP contribution in [-0.2, 0) is 14.3 Å². The molecule has 0 bridgehead atoms. The molecule has 0 aromatic carbocycles. The number of hydrogen-bond acceptors (Lipinski definition) is 4. The van der Waals surface area contributed by atoms with Crippen LogP contribution in [0.15, 0.2) is 12.7 Å². The Morgan fingerprint density at radius 1 is 1.54 bits per heavy atom. The molecule has 0 aliphatic heterocycles. The van der Waals surface area contributed by atoms with E-state index in [2.05, 4.69) is 11.9 Å². The Balaban J connectivity index is 3.45. The van der Waals surface area contributed by atoms with E-state index < -0.39 is 12.3 Å². The van der Waals surface area contributed by atoms with Gasteiger partial charge in [0.15, 0.2) is 0 Å². The van der Waals surface area contributed by atoms with Crippen molar-refractivity contribution < 1.29 is 14.3 Å². The van der Waals surface area contributed by atoms with Gasteiger partial charge in [-0.15, -0.1) is 0 Å². The van der Waals surface area contributed by atoms with Crippen molar-refractivity contribution >= 4 is 5.97 Å². The molecule has 76 valence electrons. The largest absolute Gasteiger partial charge is 0.433 e. The number of rotatable bonds is 6. The lowest BCUT2D eigenvalue weighted by Crippen LogP contribution is -2.29. The van der Waals surface area contributed by atoms with E-state index in [1.165, 1.54) is 0 Å². The van der Waals surface area contributed by atoms with Gasteiger partial charge in [0.05, 0.1) is 0 Å². The molecule has 0 saturated carbocycles. The molecule has 0 amide bonds. The van der Waals surface area contributed by atoms with Gasteiger partial charge in [-0.1, -0.05) is 6.58 Å². The standard InChI is InChI=1S/C9H17NO3/c1-5-9(11)13-8(4)12-6-10-7(2)3/h5,7-8,10H,1,6H2,2-4H3. The summed E-state index contributed by atoms with van der Waals surface area (Å²) in [5.41, 5.74) is 0. The Bertz CT molecular complexity index is 168. The van der Waals surface area contributed by atoms with Crippen LogP contribution in [0.1, 0.15) is 20.8 Å². The van der Waals surface area contributed by atoms with Crippen LogP contribution < -0.4 is 5.32 Å². The van der Waals surface area contributed by atoms with Gasteiger partial charge in [0.2, 0.25) is 6.29 Å². The van der Waals surface area contributed by atoms with E-state index in [0.29, 0.717) is 12.8 Å². The van der Waals surface area contributed by atoms with Crippen LogP contribution in [0.2, 0.25) is 0 Å². The van der Waals surface area contributed by atoms with Crippen molar-refractivity contribution in [1.29, 1.82) is 0 Å². The smallest absolute Gasteiger partial charge is 0.332 e. The topological polar surface area (TPSA) is 47.6 Å². The summed E-state index contributed by atoms with van der Waals surface area (Å²) in [7, 11) is 0. The molecule has 0 radical (unpaired) electrons. The van der Waals surface area contributed by atoms with Crippen molar-refractivity contribution in [3.05, 3.63) is 12.7 Å². The first-order valence-corrected chi connectivity index (χ1v) is 4.24. The monoisotopic (exact) mass is 187 g/mol. The summed E-state index contributed by atoms with van der Waals surface area (Å²) in [5.74, 6) is -0.475. The lowest BCUT2D eigenvalue weighted by atomic mass is 10.4. The van der Waals surface area contributed by atoms with Gasteiger partial charge in [-0.3, -0.25) is 5.32 Å². The SMILES string of the molecule is C=CC(=O)OC(C)OCNC(C)C. The fourth-order valence-electron chi connectivity index (χ4n) is 0.578. The highest BCUT2D eigenvalue weighted by molar-refractivity contribution is 5.81. The summed E-state index contributed by atoms with van der Waals surface area (Å²) >= 11 is 0. The molecule has 1 atom stereocenters. The van der Waals surface area contributed by atoms with Crippen LogP contribution in [0.5, 0.6) is 0 Å². The molecule has 0 aromatic heterocycles. The third-order valence-electron chi connectivity index (χ3n) is 1.26. The summed E-state index contributed by atoms with van der Waals surface area (Å²) < 4.78 is 9.89. The minimum atomic E-state index is -0.545. The zero-order chi connectivity index (χ0) is 10.3. The van der Waals surface area contributed by atoms with Crippen LogP contribution in [0.25, 0.3) is 0 Å². The van der Waals surface area contributed by atoms with Crippen LogP contribution in [0.4, 0.5) is 0 Å². The maximum atomic E-state index is 10.7. The molecule has 0 rings (SSSR count). The van der Waals surface area contributed by atoms with E-state index in [1.54, 1.807) is 6.92 Å². The molecule has 4 heteroatoms. The van der Waals surface area contributed by atoms with E-state index in [-0.39, 0.29) is 0 Å². The van der Waals surface area contributed by atoms with E-state index in [1.807, 2.05) is 13.8 Å². The second-order valence-corrected chi connectivity index (χ2v) is 2.88. The van der Waals surface area contributed by atoms with Crippen molar-refractivity contribution in [1.82, 2.24) is 5.32 Å². The Labute approximate surface area is 78.9 Å². The number of hydrogen-bond donors (Lipinski definition) is 1. The molecule has 0 fully saturated rings. The number of nitrogens with one attached hydrogen (secondary N) is 1. The summed E-state index contributed by atoms with van der Waals surface area (Å²) in [6, 6.07) is 0.349. The van der Waals surface area contributed by atoms with E-state index in [9.17, 15) is 4.79 Å². The lowest BCUT2D eigenvalue weighted by Gasteiger charge is -2.14. The normalized spacial score (nSPS) is 12.6. The fourth-order valence-corrected chi connectivity index (χ4v) is 0.578. The number of ether oxygens (including phenoxy) is 2. The maximum Gasteiger partial charge on any atom is 0.332 e. The van der Waals surface area contributed by atoms with Gasteiger partial charge in [-0.05, 0) is 20.8 Å². The van der Waals surface area contributed by atoms with Gasteiger partial charge >= 0.3 is 5.97 Å². The minimum Gasteiger partial charge on any atom is -0.433 e.